The average Bonchev–Trinajstić information content (AvgIpc) is 2.96. The average molecular weight is 561 g/mol. The van der Waals surface area contributed by atoms with Crippen LogP contribution in [0.4, 0.5) is 0 Å². The van der Waals surface area contributed by atoms with Crippen LogP contribution in [0.25, 0.3) is 0 Å². The van der Waals surface area contributed by atoms with E-state index >= 15 is 0 Å². The Balaban J connectivity index is 4.70. The van der Waals surface area contributed by atoms with Crippen molar-refractivity contribution in [3.63, 3.8) is 0 Å². The van der Waals surface area contributed by atoms with Gasteiger partial charge in [0.15, 0.2) is 0 Å². The van der Waals surface area contributed by atoms with E-state index in [0.717, 1.165) is 58.8 Å². The third-order valence-electron chi connectivity index (χ3n) is 6.75. The monoisotopic (exact) mass is 560 g/mol. The van der Waals surface area contributed by atoms with Crippen LogP contribution in [0, 0.1) is 0 Å². The molecule has 0 radical (unpaired) electrons. The van der Waals surface area contributed by atoms with Gasteiger partial charge in [-0.25, -0.2) is 0 Å². The van der Waals surface area contributed by atoms with Crippen LogP contribution in [-0.2, 0) is 38.1 Å². The summed E-state index contributed by atoms with van der Waals surface area (Å²) in [4.78, 5) is 55.3. The van der Waals surface area contributed by atoms with E-state index in [0.29, 0.717) is 26.2 Å². The zero-order valence-corrected chi connectivity index (χ0v) is 25.1. The van der Waals surface area contributed by atoms with E-state index in [1.54, 1.807) is 0 Å². The fourth-order valence-electron chi connectivity index (χ4n) is 4.02. The summed E-state index contributed by atoms with van der Waals surface area (Å²) in [5.74, 6) is -1.06. The number of ether oxygens (including phenoxy) is 4. The van der Waals surface area contributed by atoms with Gasteiger partial charge in [0.2, 0.25) is 0 Å². The predicted molar refractivity (Wildman–Crippen MR) is 148 cm³/mol. The highest BCUT2D eigenvalue weighted by Crippen LogP contribution is 2.03. The summed E-state index contributed by atoms with van der Waals surface area (Å²) < 4.78 is 19.0. The fourth-order valence-corrected chi connectivity index (χ4v) is 4.02. The van der Waals surface area contributed by atoms with E-state index in [-0.39, 0.29) is 49.6 Å². The molecule has 0 aromatic rings. The Morgan fingerprint density at radius 1 is 0.410 bits per heavy atom. The van der Waals surface area contributed by atoms with Gasteiger partial charge in [-0.15, -0.1) is 0 Å². The first-order valence-corrected chi connectivity index (χ1v) is 13.9. The number of hydrogen-bond donors (Lipinski definition) is 0. The predicted octanol–water partition coefficient (Wildman–Crippen LogP) is 0.877. The summed E-state index contributed by atoms with van der Waals surface area (Å²) in [6, 6.07) is 0. The third kappa shape index (κ3) is 19.4. The molecule has 228 valence electrons. The second-order valence-corrected chi connectivity index (χ2v) is 9.21. The maximum atomic E-state index is 11.6. The minimum Gasteiger partial charge on any atom is -0.469 e. The number of hydrogen-bond acceptors (Lipinski definition) is 12. The first-order valence-electron chi connectivity index (χ1n) is 13.9. The number of nitrogens with zero attached hydrogens (tertiary/aromatic N) is 4. The molecule has 12 nitrogen and oxygen atoms in total. The molecular weight excluding hydrogens is 508 g/mol. The number of esters is 4. The van der Waals surface area contributed by atoms with E-state index in [2.05, 4.69) is 33.4 Å². The Morgan fingerprint density at radius 2 is 0.667 bits per heavy atom. The largest absolute Gasteiger partial charge is 0.469 e. The molecule has 0 heterocycles. The van der Waals surface area contributed by atoms with Gasteiger partial charge in [0.25, 0.3) is 0 Å². The molecule has 0 bridgehead atoms. The molecule has 0 fully saturated rings. The van der Waals surface area contributed by atoms with Crippen LogP contribution in [0.3, 0.4) is 0 Å². The molecule has 0 rings (SSSR count). The SMILES string of the molecule is CCN(CCCN(CC)CCN(CCC(=O)OC)CCC(=O)OC)CCN(CCC(=O)OC)CCC(=O)OC. The van der Waals surface area contributed by atoms with Crippen molar-refractivity contribution < 1.29 is 38.1 Å². The first-order chi connectivity index (χ1) is 18.7. The molecule has 0 amide bonds. The Morgan fingerprint density at radius 3 is 0.897 bits per heavy atom. The molecule has 0 aliphatic heterocycles. The minimum atomic E-state index is -0.265. The van der Waals surface area contributed by atoms with E-state index in [1.165, 1.54) is 28.4 Å². The van der Waals surface area contributed by atoms with Crippen LogP contribution in [0.15, 0.2) is 0 Å². The third-order valence-corrected chi connectivity index (χ3v) is 6.75. The van der Waals surface area contributed by atoms with Crippen molar-refractivity contribution in [1.29, 1.82) is 0 Å². The van der Waals surface area contributed by atoms with Crippen LogP contribution < -0.4 is 0 Å². The molecular formula is C27H52N4O8. The van der Waals surface area contributed by atoms with Crippen LogP contribution in [-0.4, -0.2) is 150 Å². The topological polar surface area (TPSA) is 118 Å². The summed E-state index contributed by atoms with van der Waals surface area (Å²) in [6.07, 6.45) is 2.13. The van der Waals surface area contributed by atoms with Crippen LogP contribution in [0.1, 0.15) is 46.0 Å². The van der Waals surface area contributed by atoms with Crippen molar-refractivity contribution in [2.75, 3.05) is 107 Å². The number of carbonyl (C=O) groups is 4. The zero-order valence-electron chi connectivity index (χ0n) is 25.1. The Hall–Kier alpha value is -2.28. The number of rotatable bonds is 24. The normalized spacial score (nSPS) is 11.3. The molecule has 0 aliphatic rings. The quantitative estimate of drug-likeness (QED) is 0.123. The van der Waals surface area contributed by atoms with Gasteiger partial charge in [0, 0.05) is 52.4 Å². The van der Waals surface area contributed by atoms with Crippen molar-refractivity contribution in [1.82, 2.24) is 19.6 Å². The smallest absolute Gasteiger partial charge is 0.306 e. The molecule has 12 heteroatoms. The molecule has 0 N–H and O–H groups in total. The van der Waals surface area contributed by atoms with Gasteiger partial charge in [-0.3, -0.25) is 19.2 Å². The molecule has 39 heavy (non-hydrogen) atoms. The Labute approximate surface area is 234 Å². The van der Waals surface area contributed by atoms with E-state index in [1.807, 2.05) is 0 Å². The highest BCUT2D eigenvalue weighted by molar-refractivity contribution is 5.70. The summed E-state index contributed by atoms with van der Waals surface area (Å²) in [5.41, 5.74) is 0. The molecule has 0 unspecified atom stereocenters. The Kier molecular flexibility index (Phi) is 22.2. The van der Waals surface area contributed by atoms with Gasteiger partial charge < -0.3 is 38.5 Å². The van der Waals surface area contributed by atoms with Gasteiger partial charge in [-0.1, -0.05) is 13.8 Å². The van der Waals surface area contributed by atoms with E-state index in [9.17, 15) is 19.2 Å². The Bertz CT molecular complexity index is 599. The van der Waals surface area contributed by atoms with Crippen LogP contribution in [0.2, 0.25) is 0 Å². The second kappa shape index (κ2) is 23.6. The minimum absolute atomic E-state index is 0.265. The molecule has 0 atom stereocenters. The first kappa shape index (κ1) is 36.7. The van der Waals surface area contributed by atoms with E-state index in [4.69, 9.17) is 18.9 Å². The van der Waals surface area contributed by atoms with Crippen molar-refractivity contribution in [3.05, 3.63) is 0 Å². The van der Waals surface area contributed by atoms with Crippen LogP contribution >= 0.6 is 0 Å². The van der Waals surface area contributed by atoms with Crippen LogP contribution in [0.5, 0.6) is 0 Å². The highest BCUT2D eigenvalue weighted by Gasteiger charge is 2.15. The van der Waals surface area contributed by atoms with Crippen molar-refractivity contribution in [2.45, 2.75) is 46.0 Å². The summed E-state index contributed by atoms with van der Waals surface area (Å²) in [7, 11) is 5.51. The fraction of sp³-hybridized carbons (Fsp3) is 0.852. The number of carbonyl (C=O) groups excluding carboxylic acids is 4. The maximum Gasteiger partial charge on any atom is 0.306 e. The van der Waals surface area contributed by atoms with Gasteiger partial charge in [0.05, 0.1) is 54.1 Å². The number of methoxy groups -OCH3 is 4. The molecule has 0 saturated heterocycles. The van der Waals surface area contributed by atoms with Crippen molar-refractivity contribution >= 4 is 23.9 Å². The lowest BCUT2D eigenvalue weighted by atomic mass is 10.3. The lowest BCUT2D eigenvalue weighted by molar-refractivity contribution is -0.142. The summed E-state index contributed by atoms with van der Waals surface area (Å²) in [5, 5.41) is 0. The molecule has 0 saturated carbocycles. The maximum absolute atomic E-state index is 11.6. The van der Waals surface area contributed by atoms with Gasteiger partial charge in [-0.05, 0) is 32.6 Å². The molecule has 0 aromatic heterocycles. The molecule has 0 spiro atoms. The standard InChI is InChI=1S/C27H52N4O8/c1-7-28(20-22-30(16-10-24(32)36-3)17-11-25(33)37-4)14-9-15-29(8-2)21-23-31(18-12-26(34)38-5)19-13-27(35)39-6/h7-23H2,1-6H3. The van der Waals surface area contributed by atoms with Gasteiger partial charge in [0.1, 0.15) is 0 Å². The highest BCUT2D eigenvalue weighted by atomic mass is 16.5. The zero-order chi connectivity index (χ0) is 29.5. The number of likely N-dealkylation sites (N-methyl/N-ethyl adjacent to an activating group) is 2. The molecule has 0 aromatic carbocycles. The van der Waals surface area contributed by atoms with Crippen molar-refractivity contribution in [3.8, 4) is 0 Å². The van der Waals surface area contributed by atoms with Gasteiger partial charge >= 0.3 is 23.9 Å². The van der Waals surface area contributed by atoms with Crippen molar-refractivity contribution in [2.24, 2.45) is 0 Å². The second-order valence-electron chi connectivity index (χ2n) is 9.21. The molecule has 0 aliphatic carbocycles. The van der Waals surface area contributed by atoms with E-state index < -0.39 is 0 Å². The van der Waals surface area contributed by atoms with Gasteiger partial charge in [-0.2, -0.15) is 0 Å². The summed E-state index contributed by atoms with van der Waals surface area (Å²) >= 11 is 0. The lowest BCUT2D eigenvalue weighted by Crippen LogP contribution is -2.40. The summed E-state index contributed by atoms with van der Waals surface area (Å²) in [6.45, 7) is 13.2. The lowest BCUT2D eigenvalue weighted by Gasteiger charge is -2.29.